The average Bonchev–Trinajstić information content (AvgIpc) is 2.62. The number of rotatable bonds is 20. The Morgan fingerprint density at radius 1 is 0.600 bits per heavy atom. The molecule has 0 heterocycles. The number of hydrogen-bond donors (Lipinski definition) is 2. The highest BCUT2D eigenvalue weighted by Gasteiger charge is 2.25. The van der Waals surface area contributed by atoms with Crippen LogP contribution in [-0.4, -0.2) is 29.2 Å². The highest BCUT2D eigenvalue weighted by atomic mass is 16.6. The first-order chi connectivity index (χ1) is 12.2. The summed E-state index contributed by atoms with van der Waals surface area (Å²) in [5.74, 6) is -1.32. The van der Waals surface area contributed by atoms with Crippen molar-refractivity contribution in [2.24, 2.45) is 0 Å². The van der Waals surface area contributed by atoms with E-state index in [9.17, 15) is 10.2 Å². The standard InChI is InChI=1S/C22H46O3/c1-3-5-7-9-11-12-13-14-15-17-19-22(24,21-23)25-20-18-16-10-8-6-4-2/h23-24H,3-21H2,1-2H3. The Morgan fingerprint density at radius 3 is 1.44 bits per heavy atom. The molecule has 0 aliphatic carbocycles. The second-order valence-corrected chi connectivity index (χ2v) is 7.65. The summed E-state index contributed by atoms with van der Waals surface area (Å²) in [5.41, 5.74) is 0. The Balaban J connectivity index is 3.49. The van der Waals surface area contributed by atoms with Crippen LogP contribution in [0.3, 0.4) is 0 Å². The molecule has 0 bridgehead atoms. The molecule has 0 saturated heterocycles. The molecule has 3 nitrogen and oxygen atoms in total. The van der Waals surface area contributed by atoms with Crippen molar-refractivity contribution < 1.29 is 14.9 Å². The summed E-state index contributed by atoms with van der Waals surface area (Å²) in [7, 11) is 0. The minimum Gasteiger partial charge on any atom is -0.391 e. The van der Waals surface area contributed by atoms with E-state index in [2.05, 4.69) is 13.8 Å². The Bertz CT molecular complexity index is 258. The molecule has 0 aromatic rings. The Kier molecular flexibility index (Phi) is 18.6. The third kappa shape index (κ3) is 17.1. The predicted molar refractivity (Wildman–Crippen MR) is 108 cm³/mol. The van der Waals surface area contributed by atoms with E-state index in [0.717, 1.165) is 25.7 Å². The van der Waals surface area contributed by atoms with Crippen LogP contribution in [0.1, 0.15) is 123 Å². The summed E-state index contributed by atoms with van der Waals surface area (Å²) in [5, 5.41) is 19.7. The summed E-state index contributed by atoms with van der Waals surface area (Å²) in [6, 6.07) is 0. The van der Waals surface area contributed by atoms with Crippen LogP contribution >= 0.6 is 0 Å². The molecule has 0 spiro atoms. The molecular formula is C22H46O3. The first-order valence-corrected chi connectivity index (χ1v) is 11.2. The van der Waals surface area contributed by atoms with Crippen molar-refractivity contribution in [3.63, 3.8) is 0 Å². The molecule has 0 aliphatic rings. The number of aliphatic hydroxyl groups excluding tert-OH is 1. The molecule has 152 valence electrons. The van der Waals surface area contributed by atoms with Crippen LogP contribution in [0.2, 0.25) is 0 Å². The number of unbranched alkanes of at least 4 members (excludes halogenated alkanes) is 14. The summed E-state index contributed by atoms with van der Waals surface area (Å²) in [6.45, 7) is 4.74. The zero-order valence-electron chi connectivity index (χ0n) is 17.2. The van der Waals surface area contributed by atoms with Gasteiger partial charge in [0.15, 0.2) is 5.79 Å². The maximum Gasteiger partial charge on any atom is 0.188 e. The van der Waals surface area contributed by atoms with E-state index in [4.69, 9.17) is 4.74 Å². The fraction of sp³-hybridized carbons (Fsp3) is 1.00. The summed E-state index contributed by atoms with van der Waals surface area (Å²) in [4.78, 5) is 0. The van der Waals surface area contributed by atoms with Crippen molar-refractivity contribution in [3.8, 4) is 0 Å². The Hall–Kier alpha value is -0.120. The summed E-state index contributed by atoms with van der Waals surface area (Å²) in [6.07, 6.45) is 20.5. The molecule has 0 aromatic carbocycles. The molecule has 1 atom stereocenters. The van der Waals surface area contributed by atoms with Crippen LogP contribution in [0.15, 0.2) is 0 Å². The van der Waals surface area contributed by atoms with E-state index in [1.54, 1.807) is 0 Å². The Morgan fingerprint density at radius 2 is 1.00 bits per heavy atom. The van der Waals surface area contributed by atoms with Gasteiger partial charge in [-0.15, -0.1) is 0 Å². The van der Waals surface area contributed by atoms with E-state index >= 15 is 0 Å². The molecule has 0 rings (SSSR count). The number of hydrogen-bond acceptors (Lipinski definition) is 3. The molecule has 0 saturated carbocycles. The average molecular weight is 359 g/mol. The normalized spacial score (nSPS) is 13.9. The van der Waals surface area contributed by atoms with Gasteiger partial charge in [0, 0.05) is 6.42 Å². The van der Waals surface area contributed by atoms with Gasteiger partial charge in [-0.1, -0.05) is 104 Å². The van der Waals surface area contributed by atoms with E-state index in [1.807, 2.05) is 0 Å². The van der Waals surface area contributed by atoms with E-state index < -0.39 is 5.79 Å². The van der Waals surface area contributed by atoms with Crippen molar-refractivity contribution in [2.45, 2.75) is 129 Å². The van der Waals surface area contributed by atoms with Gasteiger partial charge in [0.1, 0.15) is 0 Å². The maximum atomic E-state index is 10.3. The third-order valence-electron chi connectivity index (χ3n) is 5.04. The van der Waals surface area contributed by atoms with Gasteiger partial charge in [-0.05, 0) is 12.8 Å². The van der Waals surface area contributed by atoms with Gasteiger partial charge in [-0.25, -0.2) is 0 Å². The highest BCUT2D eigenvalue weighted by Crippen LogP contribution is 2.19. The van der Waals surface area contributed by atoms with E-state index in [-0.39, 0.29) is 6.61 Å². The SMILES string of the molecule is CCCCCCCCCCCCC(O)(CO)OCCCCCCCC. The lowest BCUT2D eigenvalue weighted by Gasteiger charge is -2.26. The van der Waals surface area contributed by atoms with Gasteiger partial charge in [-0.2, -0.15) is 0 Å². The molecule has 0 aromatic heterocycles. The fourth-order valence-corrected chi connectivity index (χ4v) is 3.23. The topological polar surface area (TPSA) is 49.7 Å². The third-order valence-corrected chi connectivity index (χ3v) is 5.04. The minimum atomic E-state index is -1.32. The lowest BCUT2D eigenvalue weighted by molar-refractivity contribution is -0.228. The molecule has 0 radical (unpaired) electrons. The fourth-order valence-electron chi connectivity index (χ4n) is 3.23. The first kappa shape index (κ1) is 24.9. The molecule has 0 aliphatic heterocycles. The van der Waals surface area contributed by atoms with E-state index in [1.165, 1.54) is 77.0 Å². The minimum absolute atomic E-state index is 0.291. The first-order valence-electron chi connectivity index (χ1n) is 11.2. The van der Waals surface area contributed by atoms with Gasteiger partial charge >= 0.3 is 0 Å². The largest absolute Gasteiger partial charge is 0.391 e. The lowest BCUT2D eigenvalue weighted by Crippen LogP contribution is -2.37. The molecule has 3 heteroatoms. The maximum absolute atomic E-state index is 10.3. The van der Waals surface area contributed by atoms with Crippen molar-refractivity contribution in [1.82, 2.24) is 0 Å². The number of aliphatic hydroxyl groups is 2. The number of ether oxygens (including phenoxy) is 1. The van der Waals surface area contributed by atoms with Gasteiger partial charge in [0.2, 0.25) is 0 Å². The van der Waals surface area contributed by atoms with Crippen LogP contribution in [0.25, 0.3) is 0 Å². The van der Waals surface area contributed by atoms with Crippen molar-refractivity contribution in [2.75, 3.05) is 13.2 Å². The van der Waals surface area contributed by atoms with Crippen LogP contribution in [0, 0.1) is 0 Å². The zero-order valence-corrected chi connectivity index (χ0v) is 17.2. The van der Waals surface area contributed by atoms with Crippen molar-refractivity contribution in [1.29, 1.82) is 0 Å². The lowest BCUT2D eigenvalue weighted by atomic mass is 10.0. The Labute approximate surface area is 157 Å². The smallest absolute Gasteiger partial charge is 0.188 e. The molecule has 1 unspecified atom stereocenters. The molecule has 0 amide bonds. The van der Waals surface area contributed by atoms with Gasteiger partial charge in [-0.3, -0.25) is 0 Å². The van der Waals surface area contributed by atoms with Gasteiger partial charge in [0.25, 0.3) is 0 Å². The van der Waals surface area contributed by atoms with Gasteiger partial charge < -0.3 is 14.9 Å². The predicted octanol–water partition coefficient (Wildman–Crippen LogP) is 6.36. The van der Waals surface area contributed by atoms with Crippen LogP contribution < -0.4 is 0 Å². The summed E-state index contributed by atoms with van der Waals surface area (Å²) < 4.78 is 5.57. The molecular weight excluding hydrogens is 312 g/mol. The van der Waals surface area contributed by atoms with Crippen LogP contribution in [-0.2, 0) is 4.74 Å². The van der Waals surface area contributed by atoms with Crippen molar-refractivity contribution in [3.05, 3.63) is 0 Å². The molecule has 0 fully saturated rings. The van der Waals surface area contributed by atoms with Crippen LogP contribution in [0.4, 0.5) is 0 Å². The monoisotopic (exact) mass is 358 g/mol. The summed E-state index contributed by atoms with van der Waals surface area (Å²) >= 11 is 0. The molecule has 25 heavy (non-hydrogen) atoms. The van der Waals surface area contributed by atoms with E-state index in [0.29, 0.717) is 13.0 Å². The zero-order chi connectivity index (χ0) is 18.6. The van der Waals surface area contributed by atoms with Gasteiger partial charge in [0.05, 0.1) is 13.2 Å². The highest BCUT2D eigenvalue weighted by molar-refractivity contribution is 4.66. The van der Waals surface area contributed by atoms with Crippen molar-refractivity contribution >= 4 is 0 Å². The molecule has 2 N–H and O–H groups in total. The second-order valence-electron chi connectivity index (χ2n) is 7.65. The van der Waals surface area contributed by atoms with Crippen LogP contribution in [0.5, 0.6) is 0 Å². The quantitative estimate of drug-likeness (QED) is 0.197. The second kappa shape index (κ2) is 18.7.